The summed E-state index contributed by atoms with van der Waals surface area (Å²) >= 11 is 0. The van der Waals surface area contributed by atoms with E-state index in [1.165, 1.54) is 18.3 Å². The molecule has 2 aromatic rings. The molecule has 114 valence electrons. The summed E-state index contributed by atoms with van der Waals surface area (Å²) in [5.74, 6) is -0.664. The van der Waals surface area contributed by atoms with Gasteiger partial charge in [0.2, 0.25) is 11.5 Å². The molecule has 0 atom stereocenters. The van der Waals surface area contributed by atoms with Gasteiger partial charge in [-0.1, -0.05) is 30.3 Å². The molecule has 0 aliphatic carbocycles. The summed E-state index contributed by atoms with van der Waals surface area (Å²) in [4.78, 5) is 36.7. The smallest absolute Gasteiger partial charge is 0.253 e. The van der Waals surface area contributed by atoms with Gasteiger partial charge in [-0.3, -0.25) is 14.4 Å². The Hall–Kier alpha value is -2.89. The minimum Gasteiger partial charge on any atom is -0.354 e. The number of hydrogen-bond acceptors (Lipinski definition) is 3. The van der Waals surface area contributed by atoms with E-state index in [1.54, 1.807) is 0 Å². The van der Waals surface area contributed by atoms with Crippen molar-refractivity contribution in [2.24, 2.45) is 0 Å². The maximum atomic E-state index is 11.7. The van der Waals surface area contributed by atoms with Gasteiger partial charge in [0, 0.05) is 18.8 Å². The van der Waals surface area contributed by atoms with Gasteiger partial charge in [0.1, 0.15) is 0 Å². The highest BCUT2D eigenvalue weighted by molar-refractivity contribution is 5.96. The third-order valence-corrected chi connectivity index (χ3v) is 3.03. The molecule has 0 radical (unpaired) electrons. The standard InChI is InChI=1S/C16H17N3O3/c20-14-7-6-13(10-18-14)16(22)19-11-15(21)17-9-8-12-4-2-1-3-5-12/h1-7,10H,8-9,11H2,(H,17,21)(H,18,20)(H,19,22). The second-order valence-corrected chi connectivity index (χ2v) is 4.71. The zero-order valence-electron chi connectivity index (χ0n) is 12.0. The highest BCUT2D eigenvalue weighted by Gasteiger charge is 2.07. The molecule has 0 aliphatic rings. The van der Waals surface area contributed by atoms with Crippen LogP contribution in [-0.4, -0.2) is 29.9 Å². The molecule has 2 rings (SSSR count). The third-order valence-electron chi connectivity index (χ3n) is 3.03. The molecule has 0 fully saturated rings. The highest BCUT2D eigenvalue weighted by Crippen LogP contribution is 1.98. The van der Waals surface area contributed by atoms with Crippen molar-refractivity contribution in [3.8, 4) is 0 Å². The van der Waals surface area contributed by atoms with Crippen LogP contribution in [0.2, 0.25) is 0 Å². The average Bonchev–Trinajstić information content (AvgIpc) is 2.54. The summed E-state index contributed by atoms with van der Waals surface area (Å²) in [5, 5.41) is 5.23. The lowest BCUT2D eigenvalue weighted by Gasteiger charge is -2.07. The zero-order chi connectivity index (χ0) is 15.8. The summed E-state index contributed by atoms with van der Waals surface area (Å²) in [6.45, 7) is 0.407. The molecule has 6 nitrogen and oxygen atoms in total. The van der Waals surface area contributed by atoms with Gasteiger partial charge in [-0.05, 0) is 18.1 Å². The van der Waals surface area contributed by atoms with Crippen molar-refractivity contribution >= 4 is 11.8 Å². The predicted octanol–water partition coefficient (Wildman–Crippen LogP) is 0.464. The van der Waals surface area contributed by atoms with Crippen molar-refractivity contribution in [2.45, 2.75) is 6.42 Å². The molecule has 1 aromatic carbocycles. The van der Waals surface area contributed by atoms with Gasteiger partial charge in [-0.2, -0.15) is 0 Å². The van der Waals surface area contributed by atoms with E-state index in [1.807, 2.05) is 30.3 Å². The maximum absolute atomic E-state index is 11.7. The van der Waals surface area contributed by atoms with E-state index in [9.17, 15) is 14.4 Å². The average molecular weight is 299 g/mol. The lowest BCUT2D eigenvalue weighted by molar-refractivity contribution is -0.120. The Morgan fingerprint density at radius 2 is 1.77 bits per heavy atom. The Kier molecular flexibility index (Phi) is 5.48. The molecular weight excluding hydrogens is 282 g/mol. The number of pyridine rings is 1. The number of carbonyl (C=O) groups is 2. The van der Waals surface area contributed by atoms with Crippen LogP contribution in [0.5, 0.6) is 0 Å². The molecule has 0 unspecified atom stereocenters. The molecule has 0 spiro atoms. The van der Waals surface area contributed by atoms with E-state index in [-0.39, 0.29) is 18.0 Å². The maximum Gasteiger partial charge on any atom is 0.253 e. The van der Waals surface area contributed by atoms with E-state index >= 15 is 0 Å². The van der Waals surface area contributed by atoms with Crippen molar-refractivity contribution in [3.63, 3.8) is 0 Å². The molecule has 2 amide bonds. The Bertz CT molecular complexity index is 675. The fourth-order valence-corrected chi connectivity index (χ4v) is 1.87. The van der Waals surface area contributed by atoms with Gasteiger partial charge in [0.05, 0.1) is 12.1 Å². The number of benzene rings is 1. The largest absolute Gasteiger partial charge is 0.354 e. The molecule has 0 bridgehead atoms. The Balaban J connectivity index is 1.70. The molecule has 1 aromatic heterocycles. The summed E-state index contributed by atoms with van der Waals surface area (Å²) in [6.07, 6.45) is 2.05. The minimum atomic E-state index is -0.408. The van der Waals surface area contributed by atoms with Crippen LogP contribution in [-0.2, 0) is 11.2 Å². The number of carbonyl (C=O) groups excluding carboxylic acids is 2. The summed E-state index contributed by atoms with van der Waals surface area (Å²) in [7, 11) is 0. The van der Waals surface area contributed by atoms with Crippen molar-refractivity contribution in [1.29, 1.82) is 0 Å². The number of nitrogens with one attached hydrogen (secondary N) is 3. The Labute approximate surface area is 127 Å². The number of hydrogen-bond donors (Lipinski definition) is 3. The minimum absolute atomic E-state index is 0.104. The first-order valence-corrected chi connectivity index (χ1v) is 6.93. The molecular formula is C16H17N3O3. The zero-order valence-corrected chi connectivity index (χ0v) is 12.0. The van der Waals surface area contributed by atoms with Gasteiger partial charge >= 0.3 is 0 Å². The molecule has 22 heavy (non-hydrogen) atoms. The molecule has 0 aliphatic heterocycles. The Morgan fingerprint density at radius 1 is 1.00 bits per heavy atom. The third kappa shape index (κ3) is 4.90. The first-order chi connectivity index (χ1) is 10.6. The predicted molar refractivity (Wildman–Crippen MR) is 82.6 cm³/mol. The SMILES string of the molecule is O=C(CNC(=O)c1ccc(=O)[nH]c1)NCCc1ccccc1. The Morgan fingerprint density at radius 3 is 2.45 bits per heavy atom. The van der Waals surface area contributed by atoms with Gasteiger partial charge in [-0.25, -0.2) is 0 Å². The van der Waals surface area contributed by atoms with Crippen molar-refractivity contribution in [1.82, 2.24) is 15.6 Å². The molecule has 6 heteroatoms. The van der Waals surface area contributed by atoms with Crippen LogP contribution in [0.15, 0.2) is 53.5 Å². The van der Waals surface area contributed by atoms with Crippen molar-refractivity contribution < 1.29 is 9.59 Å². The summed E-state index contributed by atoms with van der Waals surface area (Å²) in [6, 6.07) is 12.5. The first-order valence-electron chi connectivity index (χ1n) is 6.93. The van der Waals surface area contributed by atoms with Crippen molar-refractivity contribution in [2.75, 3.05) is 13.1 Å². The van der Waals surface area contributed by atoms with E-state index in [4.69, 9.17) is 0 Å². The van der Waals surface area contributed by atoms with Crippen LogP contribution in [0.4, 0.5) is 0 Å². The fourth-order valence-electron chi connectivity index (χ4n) is 1.87. The molecule has 0 saturated heterocycles. The number of aromatic amines is 1. The van der Waals surface area contributed by atoms with Crippen LogP contribution in [0, 0.1) is 0 Å². The molecule has 3 N–H and O–H groups in total. The summed E-state index contributed by atoms with van der Waals surface area (Å²) < 4.78 is 0. The van der Waals surface area contributed by atoms with E-state index < -0.39 is 5.91 Å². The highest BCUT2D eigenvalue weighted by atomic mass is 16.2. The number of H-pyrrole nitrogens is 1. The van der Waals surface area contributed by atoms with E-state index in [2.05, 4.69) is 15.6 Å². The lowest BCUT2D eigenvalue weighted by Crippen LogP contribution is -2.37. The van der Waals surface area contributed by atoms with Gasteiger partial charge in [0.25, 0.3) is 5.91 Å². The van der Waals surface area contributed by atoms with Gasteiger partial charge in [-0.15, -0.1) is 0 Å². The topological polar surface area (TPSA) is 91.1 Å². The summed E-state index contributed by atoms with van der Waals surface area (Å²) in [5.41, 5.74) is 1.16. The number of rotatable bonds is 6. The monoisotopic (exact) mass is 299 g/mol. The normalized spacial score (nSPS) is 10.0. The van der Waals surface area contributed by atoms with E-state index in [0.717, 1.165) is 12.0 Å². The molecule has 0 saturated carbocycles. The van der Waals surface area contributed by atoms with Crippen LogP contribution in [0.1, 0.15) is 15.9 Å². The van der Waals surface area contributed by atoms with Gasteiger partial charge in [0.15, 0.2) is 0 Å². The second kappa shape index (κ2) is 7.78. The fraction of sp³-hybridized carbons (Fsp3) is 0.188. The van der Waals surface area contributed by atoms with Crippen LogP contribution in [0.25, 0.3) is 0 Å². The number of amides is 2. The van der Waals surface area contributed by atoms with E-state index in [0.29, 0.717) is 12.1 Å². The van der Waals surface area contributed by atoms with Crippen LogP contribution in [0.3, 0.4) is 0 Å². The number of aromatic nitrogens is 1. The first kappa shape index (κ1) is 15.5. The molecule has 1 heterocycles. The quantitative estimate of drug-likeness (QED) is 0.724. The van der Waals surface area contributed by atoms with Crippen molar-refractivity contribution in [3.05, 3.63) is 70.1 Å². The van der Waals surface area contributed by atoms with Crippen LogP contribution >= 0.6 is 0 Å². The van der Waals surface area contributed by atoms with Gasteiger partial charge < -0.3 is 15.6 Å². The second-order valence-electron chi connectivity index (χ2n) is 4.71. The van der Waals surface area contributed by atoms with Crippen LogP contribution < -0.4 is 16.2 Å². The lowest BCUT2D eigenvalue weighted by atomic mass is 10.1.